The van der Waals surface area contributed by atoms with Crippen molar-refractivity contribution in [3.63, 3.8) is 0 Å². The normalized spacial score (nSPS) is 11.4. The van der Waals surface area contributed by atoms with Crippen molar-refractivity contribution < 1.29 is 4.52 Å². The fourth-order valence-corrected chi connectivity index (χ4v) is 2.52. The van der Waals surface area contributed by atoms with Crippen LogP contribution >= 0.6 is 11.8 Å². The van der Waals surface area contributed by atoms with Gasteiger partial charge in [-0.3, -0.25) is 0 Å². The quantitative estimate of drug-likeness (QED) is 0.600. The zero-order valence-electron chi connectivity index (χ0n) is 9.02. The first-order chi connectivity index (χ1) is 7.81. The topological polar surface area (TPSA) is 38.9 Å². The highest BCUT2D eigenvalue weighted by molar-refractivity contribution is 7.98. The molecule has 0 radical (unpaired) electrons. The van der Waals surface area contributed by atoms with E-state index in [2.05, 4.69) is 10.1 Å². The Morgan fingerprint density at radius 2 is 2.06 bits per heavy atom. The molecule has 0 spiro atoms. The number of fused-ring (bicyclic) bond motifs is 3. The summed E-state index contributed by atoms with van der Waals surface area (Å²) in [5.41, 5.74) is 2.69. The zero-order chi connectivity index (χ0) is 11.1. The highest BCUT2D eigenvalue weighted by Gasteiger charge is 2.14. The van der Waals surface area contributed by atoms with E-state index in [1.54, 1.807) is 11.8 Å². The lowest BCUT2D eigenvalue weighted by atomic mass is 10.1. The van der Waals surface area contributed by atoms with Crippen LogP contribution in [0.15, 0.2) is 33.8 Å². The molecule has 80 valence electrons. The second kappa shape index (κ2) is 3.49. The number of hydrogen-bond acceptors (Lipinski definition) is 4. The van der Waals surface area contributed by atoms with E-state index in [-0.39, 0.29) is 0 Å². The Kier molecular flexibility index (Phi) is 2.11. The van der Waals surface area contributed by atoms with Crippen molar-refractivity contribution in [1.82, 2.24) is 10.1 Å². The van der Waals surface area contributed by atoms with Crippen molar-refractivity contribution in [2.45, 2.75) is 11.9 Å². The van der Waals surface area contributed by atoms with Crippen LogP contribution in [0.2, 0.25) is 0 Å². The predicted octanol–water partition coefficient (Wildman–Crippen LogP) is 3.41. The molecule has 0 saturated carbocycles. The molecule has 3 nitrogen and oxygen atoms in total. The van der Waals surface area contributed by atoms with Crippen molar-refractivity contribution >= 4 is 33.6 Å². The third kappa shape index (κ3) is 1.23. The first-order valence-corrected chi connectivity index (χ1v) is 6.22. The van der Waals surface area contributed by atoms with Gasteiger partial charge in [0.2, 0.25) is 0 Å². The van der Waals surface area contributed by atoms with E-state index < -0.39 is 0 Å². The molecule has 16 heavy (non-hydrogen) atoms. The lowest BCUT2D eigenvalue weighted by Crippen LogP contribution is -1.85. The largest absolute Gasteiger partial charge is 0.355 e. The summed E-state index contributed by atoms with van der Waals surface area (Å²) in [6.07, 6.45) is 2.02. The van der Waals surface area contributed by atoms with Gasteiger partial charge in [-0.25, -0.2) is 4.98 Å². The molecule has 0 unspecified atom stereocenters. The van der Waals surface area contributed by atoms with Crippen LogP contribution in [0.1, 0.15) is 5.69 Å². The standard InChI is InChI=1S/C12H10N2OS/c1-7-10-11(15-14-7)8-5-3-4-6-9(8)13-12(10)16-2/h3-6H,1-2H3. The van der Waals surface area contributed by atoms with Gasteiger partial charge in [0.1, 0.15) is 5.03 Å². The van der Waals surface area contributed by atoms with Gasteiger partial charge in [-0.1, -0.05) is 17.3 Å². The fourth-order valence-electron chi connectivity index (χ4n) is 1.88. The second-order valence-corrected chi connectivity index (χ2v) is 4.41. The number of para-hydroxylation sites is 1. The molecule has 2 heterocycles. The highest BCUT2D eigenvalue weighted by atomic mass is 32.2. The van der Waals surface area contributed by atoms with Crippen molar-refractivity contribution in [3.8, 4) is 0 Å². The number of nitrogens with zero attached hydrogens (tertiary/aromatic N) is 2. The third-order valence-corrected chi connectivity index (χ3v) is 3.32. The number of aromatic nitrogens is 2. The molecule has 3 rings (SSSR count). The van der Waals surface area contributed by atoms with Gasteiger partial charge in [-0.2, -0.15) is 0 Å². The molecule has 4 heteroatoms. The van der Waals surface area contributed by atoms with Crippen molar-refractivity contribution in [1.29, 1.82) is 0 Å². The molecule has 0 atom stereocenters. The van der Waals surface area contributed by atoms with Gasteiger partial charge >= 0.3 is 0 Å². The van der Waals surface area contributed by atoms with E-state index in [1.807, 2.05) is 37.4 Å². The maximum absolute atomic E-state index is 5.40. The molecule has 3 aromatic rings. The minimum absolute atomic E-state index is 0.840. The lowest BCUT2D eigenvalue weighted by Gasteiger charge is -2.01. The molecule has 0 saturated heterocycles. The summed E-state index contributed by atoms with van der Waals surface area (Å²) in [6, 6.07) is 7.97. The third-order valence-electron chi connectivity index (χ3n) is 2.64. The van der Waals surface area contributed by atoms with Gasteiger partial charge in [0, 0.05) is 5.39 Å². The smallest absolute Gasteiger partial charge is 0.179 e. The molecule has 2 aromatic heterocycles. The van der Waals surface area contributed by atoms with Crippen molar-refractivity contribution in [3.05, 3.63) is 30.0 Å². The number of hydrogen-bond donors (Lipinski definition) is 0. The summed E-state index contributed by atoms with van der Waals surface area (Å²) in [7, 11) is 0. The lowest BCUT2D eigenvalue weighted by molar-refractivity contribution is 0.452. The summed E-state index contributed by atoms with van der Waals surface area (Å²) >= 11 is 1.62. The number of rotatable bonds is 1. The van der Waals surface area contributed by atoms with Gasteiger partial charge < -0.3 is 4.52 Å². The summed E-state index contributed by atoms with van der Waals surface area (Å²) in [5, 5.41) is 7.06. The van der Waals surface area contributed by atoms with Crippen LogP contribution in [0.4, 0.5) is 0 Å². The van der Waals surface area contributed by atoms with E-state index in [9.17, 15) is 0 Å². The maximum Gasteiger partial charge on any atom is 0.179 e. The molecule has 0 aliphatic rings. The van der Waals surface area contributed by atoms with Gasteiger partial charge in [0.25, 0.3) is 0 Å². The highest BCUT2D eigenvalue weighted by Crippen LogP contribution is 2.32. The first-order valence-electron chi connectivity index (χ1n) is 5.00. The Morgan fingerprint density at radius 3 is 2.88 bits per heavy atom. The first kappa shape index (κ1) is 9.66. The van der Waals surface area contributed by atoms with Crippen LogP contribution in [0.3, 0.4) is 0 Å². The average molecular weight is 230 g/mol. The van der Waals surface area contributed by atoms with Gasteiger partial charge in [0.15, 0.2) is 5.58 Å². The SMILES string of the molecule is CSc1nc2ccccc2c2onc(C)c12. The van der Waals surface area contributed by atoms with Crippen LogP contribution in [0.25, 0.3) is 21.9 Å². The molecule has 1 aromatic carbocycles. The average Bonchev–Trinajstić information content (AvgIpc) is 2.71. The van der Waals surface area contributed by atoms with Crippen LogP contribution in [0, 0.1) is 6.92 Å². The van der Waals surface area contributed by atoms with E-state index in [4.69, 9.17) is 4.52 Å². The van der Waals surface area contributed by atoms with Crippen molar-refractivity contribution in [2.75, 3.05) is 6.26 Å². The van der Waals surface area contributed by atoms with E-state index in [1.165, 1.54) is 0 Å². The maximum atomic E-state index is 5.40. The van der Waals surface area contributed by atoms with E-state index >= 15 is 0 Å². The number of aryl methyl sites for hydroxylation is 1. The molecule has 0 N–H and O–H groups in total. The van der Waals surface area contributed by atoms with Gasteiger partial charge in [-0.15, -0.1) is 11.8 Å². The molecule has 0 amide bonds. The Labute approximate surface area is 96.8 Å². The molecule has 0 bridgehead atoms. The van der Waals surface area contributed by atoms with Crippen LogP contribution in [-0.2, 0) is 0 Å². The molecule has 0 aliphatic heterocycles. The molecule has 0 fully saturated rings. The van der Waals surface area contributed by atoms with Gasteiger partial charge in [-0.05, 0) is 25.3 Å². The number of thioether (sulfide) groups is 1. The number of benzene rings is 1. The molecule has 0 aliphatic carbocycles. The van der Waals surface area contributed by atoms with Crippen LogP contribution in [0.5, 0.6) is 0 Å². The van der Waals surface area contributed by atoms with Crippen LogP contribution < -0.4 is 0 Å². The summed E-state index contributed by atoms with van der Waals surface area (Å²) < 4.78 is 5.40. The van der Waals surface area contributed by atoms with Gasteiger partial charge in [0.05, 0.1) is 16.6 Å². The fraction of sp³-hybridized carbons (Fsp3) is 0.167. The van der Waals surface area contributed by atoms with E-state index in [0.29, 0.717) is 0 Å². The summed E-state index contributed by atoms with van der Waals surface area (Å²) in [5.74, 6) is 0. The Balaban J connectivity index is 2.58. The van der Waals surface area contributed by atoms with Crippen LogP contribution in [-0.4, -0.2) is 16.4 Å². The van der Waals surface area contributed by atoms with Crippen molar-refractivity contribution in [2.24, 2.45) is 0 Å². The minimum atomic E-state index is 0.840. The number of pyridine rings is 1. The Bertz CT molecular complexity index is 675. The predicted molar refractivity (Wildman–Crippen MR) is 65.8 cm³/mol. The zero-order valence-corrected chi connectivity index (χ0v) is 9.84. The molecular formula is C12H10N2OS. The monoisotopic (exact) mass is 230 g/mol. The minimum Gasteiger partial charge on any atom is -0.355 e. The summed E-state index contributed by atoms with van der Waals surface area (Å²) in [6.45, 7) is 1.95. The second-order valence-electron chi connectivity index (χ2n) is 3.61. The summed E-state index contributed by atoms with van der Waals surface area (Å²) in [4.78, 5) is 4.62. The van der Waals surface area contributed by atoms with E-state index in [0.717, 1.165) is 32.6 Å². The molecular weight excluding hydrogens is 220 g/mol. The Morgan fingerprint density at radius 1 is 1.25 bits per heavy atom. The Hall–Kier alpha value is -1.55.